The molecule has 10 nitrogen and oxygen atoms in total. The van der Waals surface area contributed by atoms with Crippen LogP contribution >= 0.6 is 0 Å². The van der Waals surface area contributed by atoms with E-state index in [0.717, 1.165) is 5.56 Å². The first-order valence-corrected chi connectivity index (χ1v) is 11.2. The highest BCUT2D eigenvalue weighted by atomic mass is 16.5. The highest BCUT2D eigenvalue weighted by Crippen LogP contribution is 2.53. The average molecular weight is 478 g/mol. The highest BCUT2D eigenvalue weighted by Gasteiger charge is 2.49. The molecular weight excluding hydrogens is 450 g/mol. The van der Waals surface area contributed by atoms with Crippen molar-refractivity contribution in [3.63, 3.8) is 0 Å². The minimum Gasteiger partial charge on any atom is -0.502 e. The smallest absolute Gasteiger partial charge is 0.328 e. The fraction of sp³-hybridized carbons (Fsp3) is 0.320. The molecule has 3 aromatic rings. The summed E-state index contributed by atoms with van der Waals surface area (Å²) in [6.07, 6.45) is 1.73. The third-order valence-corrected chi connectivity index (χ3v) is 6.31. The maximum Gasteiger partial charge on any atom is 0.328 e. The second-order valence-electron chi connectivity index (χ2n) is 9.46. The zero-order chi connectivity index (χ0) is 25.1. The molecule has 2 amide bonds. The Morgan fingerprint density at radius 2 is 1.74 bits per heavy atom. The van der Waals surface area contributed by atoms with Crippen LogP contribution in [0.2, 0.25) is 0 Å². The predicted molar refractivity (Wildman–Crippen MR) is 130 cm³/mol. The molecule has 2 aromatic carbocycles. The molecule has 1 saturated heterocycles. The van der Waals surface area contributed by atoms with Crippen LogP contribution in [0.3, 0.4) is 0 Å². The van der Waals surface area contributed by atoms with E-state index >= 15 is 0 Å². The molecular formula is C25H27N5O5. The number of aromatic hydroxyl groups is 2. The van der Waals surface area contributed by atoms with Gasteiger partial charge in [-0.05, 0) is 39.0 Å². The summed E-state index contributed by atoms with van der Waals surface area (Å²) in [5.74, 6) is -0.216. The van der Waals surface area contributed by atoms with Gasteiger partial charge in [0.05, 0.1) is 26.0 Å². The third kappa shape index (κ3) is 3.36. The van der Waals surface area contributed by atoms with E-state index in [0.29, 0.717) is 22.9 Å². The summed E-state index contributed by atoms with van der Waals surface area (Å²) in [5, 5.41) is 28.7. The van der Waals surface area contributed by atoms with Crippen molar-refractivity contribution < 1.29 is 24.5 Å². The molecule has 10 heteroatoms. The van der Waals surface area contributed by atoms with Crippen LogP contribution in [0.1, 0.15) is 37.8 Å². The number of aliphatic imine (C=N–C) groups is 1. The standard InChI is InChI=1S/C25H27N5O5/c1-25(2,3)30-23-15(12-26-30)17(14-11-16(34-4)19(31)20(32)21(14)35-5)18-22(27-23)28-24(33)29(18)13-9-7-6-8-10-13/h6-12,17-18,31-32H,1-5H3,(H,27,28,33)/t17-,18+/m1/s1. The number of urea groups is 1. The van der Waals surface area contributed by atoms with E-state index in [1.54, 1.807) is 21.8 Å². The van der Waals surface area contributed by atoms with Gasteiger partial charge in [-0.15, -0.1) is 0 Å². The quantitative estimate of drug-likeness (QED) is 0.491. The lowest BCUT2D eigenvalue weighted by molar-refractivity contribution is 0.252. The van der Waals surface area contributed by atoms with E-state index in [9.17, 15) is 15.0 Å². The molecule has 2 atom stereocenters. The van der Waals surface area contributed by atoms with Gasteiger partial charge in [-0.2, -0.15) is 5.10 Å². The van der Waals surface area contributed by atoms with Crippen LogP contribution in [0.4, 0.5) is 16.3 Å². The molecule has 0 aliphatic carbocycles. The number of para-hydroxylation sites is 1. The Hall–Kier alpha value is -4.21. The predicted octanol–water partition coefficient (Wildman–Crippen LogP) is 3.84. The maximum atomic E-state index is 13.2. The number of hydrogen-bond acceptors (Lipinski definition) is 7. The molecule has 0 saturated carbocycles. The number of rotatable bonds is 4. The summed E-state index contributed by atoms with van der Waals surface area (Å²) in [5.41, 5.74) is 1.57. The Balaban J connectivity index is 1.81. The maximum absolute atomic E-state index is 13.2. The molecule has 5 rings (SSSR count). The van der Waals surface area contributed by atoms with E-state index in [1.807, 2.05) is 51.1 Å². The first-order chi connectivity index (χ1) is 16.7. The number of fused-ring (bicyclic) bond motifs is 2. The number of carbonyl (C=O) groups is 1. The summed E-state index contributed by atoms with van der Waals surface area (Å²) >= 11 is 0. The second kappa shape index (κ2) is 7.93. The summed E-state index contributed by atoms with van der Waals surface area (Å²) in [7, 11) is 2.81. The molecule has 0 radical (unpaired) electrons. The lowest BCUT2D eigenvalue weighted by Crippen LogP contribution is -2.42. The molecule has 1 fully saturated rings. The number of nitrogens with zero attached hydrogens (tertiary/aromatic N) is 4. The lowest BCUT2D eigenvalue weighted by atomic mass is 9.82. The zero-order valence-corrected chi connectivity index (χ0v) is 20.1. The topological polar surface area (TPSA) is 121 Å². The number of hydrogen-bond donors (Lipinski definition) is 3. The Labute approximate surface area is 202 Å². The number of methoxy groups -OCH3 is 2. The monoisotopic (exact) mass is 477 g/mol. The van der Waals surface area contributed by atoms with Crippen LogP contribution in [0, 0.1) is 0 Å². The van der Waals surface area contributed by atoms with Gasteiger partial charge in [0.1, 0.15) is 11.9 Å². The fourth-order valence-corrected chi connectivity index (χ4v) is 4.80. The largest absolute Gasteiger partial charge is 0.502 e. The zero-order valence-electron chi connectivity index (χ0n) is 20.1. The van der Waals surface area contributed by atoms with Crippen molar-refractivity contribution in [3.05, 3.63) is 53.7 Å². The summed E-state index contributed by atoms with van der Waals surface area (Å²) in [4.78, 5) is 19.7. The van der Waals surface area contributed by atoms with Gasteiger partial charge in [0, 0.05) is 22.7 Å². The third-order valence-electron chi connectivity index (χ3n) is 6.31. The number of anilines is 1. The van der Waals surface area contributed by atoms with Crippen molar-refractivity contribution in [2.45, 2.75) is 38.3 Å². The van der Waals surface area contributed by atoms with Crippen LogP contribution in [0.5, 0.6) is 23.0 Å². The summed E-state index contributed by atoms with van der Waals surface area (Å²) in [6, 6.07) is 9.99. The number of carbonyl (C=O) groups excluding carboxylic acids is 1. The van der Waals surface area contributed by atoms with Gasteiger partial charge in [0.25, 0.3) is 0 Å². The van der Waals surface area contributed by atoms with E-state index in [-0.39, 0.29) is 23.1 Å². The van der Waals surface area contributed by atoms with E-state index in [2.05, 4.69) is 10.4 Å². The number of aromatic nitrogens is 2. The summed E-state index contributed by atoms with van der Waals surface area (Å²) in [6.45, 7) is 6.04. The van der Waals surface area contributed by atoms with Crippen LogP contribution in [0.25, 0.3) is 0 Å². The highest BCUT2D eigenvalue weighted by molar-refractivity contribution is 6.18. The number of amides is 2. The molecule has 3 heterocycles. The fourth-order valence-electron chi connectivity index (χ4n) is 4.80. The Bertz CT molecular complexity index is 1340. The Morgan fingerprint density at radius 3 is 2.37 bits per heavy atom. The molecule has 3 N–H and O–H groups in total. The first-order valence-electron chi connectivity index (χ1n) is 11.2. The minimum absolute atomic E-state index is 0.0793. The van der Waals surface area contributed by atoms with Crippen molar-refractivity contribution in [1.82, 2.24) is 15.1 Å². The van der Waals surface area contributed by atoms with Gasteiger partial charge in [0.15, 0.2) is 17.3 Å². The van der Waals surface area contributed by atoms with E-state index in [4.69, 9.17) is 14.5 Å². The van der Waals surface area contributed by atoms with E-state index in [1.165, 1.54) is 14.2 Å². The van der Waals surface area contributed by atoms with Crippen molar-refractivity contribution in [2.24, 2.45) is 4.99 Å². The van der Waals surface area contributed by atoms with Gasteiger partial charge in [-0.25, -0.2) is 14.5 Å². The lowest BCUT2D eigenvalue weighted by Gasteiger charge is -2.34. The molecule has 35 heavy (non-hydrogen) atoms. The minimum atomic E-state index is -0.586. The average Bonchev–Trinajstić information content (AvgIpc) is 3.40. The second-order valence-corrected chi connectivity index (χ2v) is 9.46. The Morgan fingerprint density at radius 1 is 1.03 bits per heavy atom. The molecule has 0 unspecified atom stereocenters. The molecule has 2 aliphatic heterocycles. The van der Waals surface area contributed by atoms with Crippen molar-refractivity contribution in [2.75, 3.05) is 19.1 Å². The van der Waals surface area contributed by atoms with Gasteiger partial charge in [0.2, 0.25) is 11.5 Å². The number of ether oxygens (including phenoxy) is 2. The molecule has 182 valence electrons. The number of amidine groups is 1. The van der Waals surface area contributed by atoms with Crippen LogP contribution in [-0.2, 0) is 5.54 Å². The van der Waals surface area contributed by atoms with Gasteiger partial charge in [-0.1, -0.05) is 18.2 Å². The molecule has 1 aromatic heterocycles. The van der Waals surface area contributed by atoms with E-state index < -0.39 is 23.5 Å². The van der Waals surface area contributed by atoms with Crippen molar-refractivity contribution in [3.8, 4) is 23.0 Å². The first kappa shape index (κ1) is 22.6. The van der Waals surface area contributed by atoms with Gasteiger partial charge < -0.3 is 19.7 Å². The number of phenols is 2. The van der Waals surface area contributed by atoms with Crippen LogP contribution < -0.4 is 19.7 Å². The number of nitrogens with one attached hydrogen (secondary N) is 1. The number of benzene rings is 2. The van der Waals surface area contributed by atoms with Crippen LogP contribution in [0.15, 0.2) is 47.6 Å². The molecule has 2 aliphatic rings. The van der Waals surface area contributed by atoms with Crippen molar-refractivity contribution >= 4 is 23.4 Å². The summed E-state index contributed by atoms with van der Waals surface area (Å²) < 4.78 is 12.7. The number of phenolic OH excluding ortho intramolecular Hbond substituents is 2. The Kier molecular flexibility index (Phi) is 5.12. The van der Waals surface area contributed by atoms with Gasteiger partial charge in [-0.3, -0.25) is 10.2 Å². The van der Waals surface area contributed by atoms with Crippen molar-refractivity contribution in [1.29, 1.82) is 0 Å². The SMILES string of the molecule is COc1cc([C@@H]2c3cnn(C(C)(C)C)c3N=C3NC(=O)N(c4ccccc4)[C@H]32)c(OC)c(O)c1O. The van der Waals surface area contributed by atoms with Gasteiger partial charge >= 0.3 is 6.03 Å². The molecule has 0 spiro atoms. The van der Waals surface area contributed by atoms with Crippen LogP contribution in [-0.4, -0.2) is 52.1 Å². The normalized spacial score (nSPS) is 19.1. The molecule has 0 bridgehead atoms.